The molecule has 7 heteroatoms. The first-order valence-corrected chi connectivity index (χ1v) is 6.17. The van der Waals surface area contributed by atoms with Crippen LogP contribution < -0.4 is 5.32 Å². The number of halogens is 1. The quantitative estimate of drug-likeness (QED) is 0.692. The van der Waals surface area contributed by atoms with Crippen LogP contribution in [0.25, 0.3) is 0 Å². The third-order valence-electron chi connectivity index (χ3n) is 3.38. The predicted octanol–water partition coefficient (Wildman–Crippen LogP) is 2.86. The molecule has 2 rings (SSSR count). The van der Waals surface area contributed by atoms with Gasteiger partial charge in [-0.2, -0.15) is 5.26 Å². The van der Waals surface area contributed by atoms with Crippen molar-refractivity contribution in [3.05, 3.63) is 57.1 Å². The highest BCUT2D eigenvalue weighted by Gasteiger charge is 2.12. The molecule has 1 N–H and O–H groups in total. The molecule has 0 atom stereocenters. The topological polar surface area (TPSA) is 83.9 Å². The summed E-state index contributed by atoms with van der Waals surface area (Å²) in [6.45, 7) is 2.13. The molecule has 2 aromatic rings. The molecule has 0 radical (unpaired) electrons. The Morgan fingerprint density at radius 3 is 2.76 bits per heavy atom. The highest BCUT2D eigenvalue weighted by Crippen LogP contribution is 2.22. The SMILES string of the molecule is Cc1c(CNc2cc([N+](=O)[O-])ccc2F)cc(C#N)n1C. The molecule has 108 valence electrons. The average molecular weight is 288 g/mol. The molecule has 0 spiro atoms. The maximum Gasteiger partial charge on any atom is 0.271 e. The van der Waals surface area contributed by atoms with Crippen LogP contribution in [-0.2, 0) is 13.6 Å². The summed E-state index contributed by atoms with van der Waals surface area (Å²) >= 11 is 0. The molecule has 0 saturated heterocycles. The van der Waals surface area contributed by atoms with Gasteiger partial charge in [0.15, 0.2) is 0 Å². The summed E-state index contributed by atoms with van der Waals surface area (Å²) in [5.41, 5.74) is 2.10. The molecule has 0 aliphatic carbocycles. The first kappa shape index (κ1) is 14.5. The zero-order chi connectivity index (χ0) is 15.6. The van der Waals surface area contributed by atoms with Gasteiger partial charge in [-0.05, 0) is 24.6 Å². The number of hydrogen-bond donors (Lipinski definition) is 1. The molecule has 1 heterocycles. The number of aromatic nitrogens is 1. The Balaban J connectivity index is 2.23. The molecule has 0 unspecified atom stereocenters. The Hall–Kier alpha value is -2.88. The van der Waals surface area contributed by atoms with Gasteiger partial charge in [0.1, 0.15) is 17.6 Å². The minimum Gasteiger partial charge on any atom is -0.378 e. The fourth-order valence-electron chi connectivity index (χ4n) is 2.00. The standard InChI is InChI=1S/C14H13FN4O2/c1-9-10(5-12(7-16)18(9)2)8-17-14-6-11(19(20)21)3-4-13(14)15/h3-6,17H,8H2,1-2H3. The summed E-state index contributed by atoms with van der Waals surface area (Å²) in [5.74, 6) is -0.560. The average Bonchev–Trinajstić information content (AvgIpc) is 2.73. The Morgan fingerprint density at radius 2 is 2.19 bits per heavy atom. The first-order valence-electron chi connectivity index (χ1n) is 6.17. The maximum absolute atomic E-state index is 13.6. The second kappa shape index (κ2) is 5.63. The Morgan fingerprint density at radius 1 is 1.48 bits per heavy atom. The fourth-order valence-corrected chi connectivity index (χ4v) is 2.00. The molecule has 0 aliphatic rings. The van der Waals surface area contributed by atoms with Crippen LogP contribution in [0.4, 0.5) is 15.8 Å². The summed E-state index contributed by atoms with van der Waals surface area (Å²) in [7, 11) is 1.77. The minimum absolute atomic E-state index is 0.0611. The van der Waals surface area contributed by atoms with Gasteiger partial charge in [-0.3, -0.25) is 10.1 Å². The molecule has 0 saturated carbocycles. The van der Waals surface area contributed by atoms with Crippen molar-refractivity contribution < 1.29 is 9.31 Å². The van der Waals surface area contributed by atoms with Crippen molar-refractivity contribution in [2.45, 2.75) is 13.5 Å². The van der Waals surface area contributed by atoms with Gasteiger partial charge in [0.25, 0.3) is 5.69 Å². The van der Waals surface area contributed by atoms with E-state index in [9.17, 15) is 14.5 Å². The lowest BCUT2D eigenvalue weighted by Crippen LogP contribution is -2.03. The molecule has 1 aromatic heterocycles. The number of nitriles is 1. The molecule has 0 amide bonds. The van der Waals surface area contributed by atoms with E-state index in [4.69, 9.17) is 5.26 Å². The van der Waals surface area contributed by atoms with Crippen LogP contribution in [0, 0.1) is 34.2 Å². The number of anilines is 1. The van der Waals surface area contributed by atoms with E-state index in [1.54, 1.807) is 17.7 Å². The molecule has 21 heavy (non-hydrogen) atoms. The van der Waals surface area contributed by atoms with Crippen molar-refractivity contribution >= 4 is 11.4 Å². The van der Waals surface area contributed by atoms with E-state index in [2.05, 4.69) is 11.4 Å². The molecule has 0 bridgehead atoms. The summed E-state index contributed by atoms with van der Waals surface area (Å²) in [5, 5.41) is 22.5. The molecule has 6 nitrogen and oxygen atoms in total. The van der Waals surface area contributed by atoms with Crippen LogP contribution in [-0.4, -0.2) is 9.49 Å². The van der Waals surface area contributed by atoms with Crippen LogP contribution in [0.5, 0.6) is 0 Å². The van der Waals surface area contributed by atoms with E-state index < -0.39 is 10.7 Å². The molecular formula is C14H13FN4O2. The molecule has 0 aliphatic heterocycles. The zero-order valence-corrected chi connectivity index (χ0v) is 11.6. The second-order valence-corrected chi connectivity index (χ2v) is 4.59. The summed E-state index contributed by atoms with van der Waals surface area (Å²) in [6.07, 6.45) is 0. The lowest BCUT2D eigenvalue weighted by molar-refractivity contribution is -0.384. The van der Waals surface area contributed by atoms with E-state index in [-0.39, 0.29) is 17.9 Å². The predicted molar refractivity (Wildman–Crippen MR) is 75.2 cm³/mol. The van der Waals surface area contributed by atoms with Crippen molar-refractivity contribution in [3.8, 4) is 6.07 Å². The smallest absolute Gasteiger partial charge is 0.271 e. The maximum atomic E-state index is 13.6. The Labute approximate surface area is 120 Å². The number of rotatable bonds is 4. The monoisotopic (exact) mass is 288 g/mol. The molecular weight excluding hydrogens is 275 g/mol. The van der Waals surface area contributed by atoms with E-state index >= 15 is 0 Å². The first-order chi connectivity index (χ1) is 9.93. The van der Waals surface area contributed by atoms with Gasteiger partial charge in [0.05, 0.1) is 10.6 Å². The van der Waals surface area contributed by atoms with E-state index in [0.29, 0.717) is 5.69 Å². The van der Waals surface area contributed by atoms with Crippen LogP contribution >= 0.6 is 0 Å². The number of nitrogens with zero attached hydrogens (tertiary/aromatic N) is 3. The number of hydrogen-bond acceptors (Lipinski definition) is 4. The van der Waals surface area contributed by atoms with Gasteiger partial charge < -0.3 is 9.88 Å². The van der Waals surface area contributed by atoms with Crippen molar-refractivity contribution in [1.29, 1.82) is 5.26 Å². The van der Waals surface area contributed by atoms with Crippen molar-refractivity contribution in [2.75, 3.05) is 5.32 Å². The third kappa shape index (κ3) is 2.84. The Bertz CT molecular complexity index is 746. The van der Waals surface area contributed by atoms with Crippen molar-refractivity contribution in [3.63, 3.8) is 0 Å². The van der Waals surface area contributed by atoms with Crippen LogP contribution in [0.3, 0.4) is 0 Å². The molecule has 1 aromatic carbocycles. The van der Waals surface area contributed by atoms with Gasteiger partial charge in [-0.1, -0.05) is 0 Å². The second-order valence-electron chi connectivity index (χ2n) is 4.59. The molecule has 0 fully saturated rings. The minimum atomic E-state index is -0.577. The normalized spacial score (nSPS) is 10.2. The third-order valence-corrected chi connectivity index (χ3v) is 3.38. The number of nitrogens with one attached hydrogen (secondary N) is 1. The van der Waals surface area contributed by atoms with E-state index in [0.717, 1.165) is 29.5 Å². The number of benzene rings is 1. The van der Waals surface area contributed by atoms with Gasteiger partial charge >= 0.3 is 0 Å². The number of nitro benzene ring substituents is 1. The zero-order valence-electron chi connectivity index (χ0n) is 11.6. The summed E-state index contributed by atoms with van der Waals surface area (Å²) in [6, 6.07) is 7.09. The van der Waals surface area contributed by atoms with Crippen molar-refractivity contribution in [2.24, 2.45) is 7.05 Å². The lowest BCUT2D eigenvalue weighted by Gasteiger charge is -2.07. The Kier molecular flexibility index (Phi) is 3.89. The van der Waals surface area contributed by atoms with Crippen molar-refractivity contribution in [1.82, 2.24) is 4.57 Å². The van der Waals surface area contributed by atoms with E-state index in [1.165, 1.54) is 0 Å². The largest absolute Gasteiger partial charge is 0.378 e. The van der Waals surface area contributed by atoms with Crippen LogP contribution in [0.1, 0.15) is 17.0 Å². The van der Waals surface area contributed by atoms with Gasteiger partial charge in [0.2, 0.25) is 0 Å². The van der Waals surface area contributed by atoms with Gasteiger partial charge in [-0.25, -0.2) is 4.39 Å². The highest BCUT2D eigenvalue weighted by molar-refractivity contribution is 5.53. The number of nitro groups is 1. The van der Waals surface area contributed by atoms with Crippen LogP contribution in [0.15, 0.2) is 24.3 Å². The number of non-ortho nitro benzene ring substituents is 1. The highest BCUT2D eigenvalue weighted by atomic mass is 19.1. The summed E-state index contributed by atoms with van der Waals surface area (Å²) < 4.78 is 15.4. The summed E-state index contributed by atoms with van der Waals surface area (Å²) in [4.78, 5) is 10.1. The van der Waals surface area contributed by atoms with Gasteiger partial charge in [-0.15, -0.1) is 0 Å². The van der Waals surface area contributed by atoms with E-state index in [1.807, 2.05) is 6.92 Å². The van der Waals surface area contributed by atoms with Crippen LogP contribution in [0.2, 0.25) is 0 Å². The van der Waals surface area contributed by atoms with Gasteiger partial charge in [0, 0.05) is 31.4 Å². The fraction of sp³-hybridized carbons (Fsp3) is 0.214. The lowest BCUT2D eigenvalue weighted by atomic mass is 10.2.